The van der Waals surface area contributed by atoms with Crippen LogP contribution in [0.25, 0.3) is 28.2 Å². The fourth-order valence-electron chi connectivity index (χ4n) is 3.36. The summed E-state index contributed by atoms with van der Waals surface area (Å²) in [6.07, 6.45) is -6.13. The molecule has 0 aliphatic carbocycles. The number of alkyl halides is 6. The predicted molar refractivity (Wildman–Crippen MR) is 109 cm³/mol. The molecule has 0 radical (unpaired) electrons. The van der Waals surface area contributed by atoms with Crippen LogP contribution in [0.3, 0.4) is 0 Å². The molecule has 0 amide bonds. The highest BCUT2D eigenvalue weighted by atomic mass is 35.5. The van der Waals surface area contributed by atoms with E-state index in [1.165, 1.54) is 41.2 Å². The molecular weight excluding hydrogens is 454 g/mol. The lowest BCUT2D eigenvalue weighted by molar-refractivity contribution is -0.138. The number of nitrogens with zero attached hydrogens (tertiary/aromatic N) is 2. The quantitative estimate of drug-likeness (QED) is 0.281. The zero-order valence-electron chi connectivity index (χ0n) is 16.0. The predicted octanol–water partition coefficient (Wildman–Crippen LogP) is 7.90. The molecule has 4 rings (SSSR count). The molecular formula is C23H13ClF6N2. The summed E-state index contributed by atoms with van der Waals surface area (Å²) in [6, 6.07) is 14.7. The summed E-state index contributed by atoms with van der Waals surface area (Å²) in [4.78, 5) is 4.10. The Morgan fingerprint density at radius 2 is 1.44 bits per heavy atom. The number of aromatic nitrogens is 2. The normalized spacial score (nSPS) is 12.2. The lowest BCUT2D eigenvalue weighted by atomic mass is 10.0. The van der Waals surface area contributed by atoms with Crippen LogP contribution >= 0.6 is 11.6 Å². The zero-order valence-corrected chi connectivity index (χ0v) is 16.8. The van der Waals surface area contributed by atoms with Crippen LogP contribution in [0.4, 0.5) is 26.3 Å². The minimum absolute atomic E-state index is 0.0602. The van der Waals surface area contributed by atoms with Crippen molar-refractivity contribution < 1.29 is 26.3 Å². The number of rotatable bonds is 3. The summed E-state index contributed by atoms with van der Waals surface area (Å²) in [7, 11) is 0. The molecule has 0 bridgehead atoms. The van der Waals surface area contributed by atoms with Gasteiger partial charge in [0, 0.05) is 34.2 Å². The molecule has 164 valence electrons. The molecule has 0 unspecified atom stereocenters. The molecule has 0 saturated carbocycles. The largest absolute Gasteiger partial charge is 0.417 e. The molecule has 0 atom stereocenters. The van der Waals surface area contributed by atoms with Gasteiger partial charge in [0.2, 0.25) is 0 Å². The molecule has 32 heavy (non-hydrogen) atoms. The van der Waals surface area contributed by atoms with Gasteiger partial charge < -0.3 is 0 Å². The minimum Gasteiger partial charge on any atom is -0.300 e. The van der Waals surface area contributed by atoms with Crippen LogP contribution in [0.15, 0.2) is 79.1 Å². The average Bonchev–Trinajstić information content (AvgIpc) is 3.22. The van der Waals surface area contributed by atoms with Crippen molar-refractivity contribution in [3.8, 4) is 28.2 Å². The second-order valence-corrected chi connectivity index (χ2v) is 7.31. The zero-order chi connectivity index (χ0) is 23.1. The van der Waals surface area contributed by atoms with Crippen molar-refractivity contribution in [1.82, 2.24) is 9.55 Å². The molecule has 9 heteroatoms. The monoisotopic (exact) mass is 466 g/mol. The second-order valence-electron chi connectivity index (χ2n) is 6.90. The van der Waals surface area contributed by atoms with Gasteiger partial charge in [0.05, 0.1) is 11.1 Å². The highest BCUT2D eigenvalue weighted by Gasteiger charge is 2.34. The van der Waals surface area contributed by atoms with Crippen molar-refractivity contribution in [2.75, 3.05) is 0 Å². The topological polar surface area (TPSA) is 17.8 Å². The second kappa shape index (κ2) is 8.02. The molecule has 0 spiro atoms. The highest BCUT2D eigenvalue weighted by Crippen LogP contribution is 2.38. The lowest BCUT2D eigenvalue weighted by Crippen LogP contribution is -2.08. The molecule has 2 nitrogen and oxygen atoms in total. The molecule has 0 aliphatic rings. The van der Waals surface area contributed by atoms with Crippen LogP contribution in [-0.2, 0) is 12.4 Å². The van der Waals surface area contributed by atoms with Crippen molar-refractivity contribution in [1.29, 1.82) is 0 Å². The number of hydrogen-bond donors (Lipinski definition) is 0. The van der Waals surface area contributed by atoms with Gasteiger partial charge in [-0.2, -0.15) is 26.3 Å². The molecule has 3 aromatic carbocycles. The van der Waals surface area contributed by atoms with Gasteiger partial charge in [0.1, 0.15) is 5.82 Å². The molecule has 0 N–H and O–H groups in total. The van der Waals surface area contributed by atoms with Gasteiger partial charge in [-0.15, -0.1) is 0 Å². The third kappa shape index (κ3) is 4.23. The highest BCUT2D eigenvalue weighted by molar-refractivity contribution is 6.33. The van der Waals surface area contributed by atoms with Crippen LogP contribution in [0.1, 0.15) is 11.1 Å². The van der Waals surface area contributed by atoms with E-state index in [0.717, 1.165) is 18.2 Å². The third-order valence-corrected chi connectivity index (χ3v) is 5.18. The van der Waals surface area contributed by atoms with Crippen molar-refractivity contribution in [2.45, 2.75) is 12.4 Å². The lowest BCUT2D eigenvalue weighted by Gasteiger charge is -2.15. The van der Waals surface area contributed by atoms with Crippen LogP contribution in [0, 0.1) is 0 Å². The first-order valence-electron chi connectivity index (χ1n) is 9.23. The molecule has 1 aromatic heterocycles. The molecule has 0 saturated heterocycles. The summed E-state index contributed by atoms with van der Waals surface area (Å²) in [5.41, 5.74) is -0.236. The standard InChI is InChI=1S/C23H13ClF6N2/c24-20-13-15(22(25,26)27)7-10-17(20)14-5-8-16(9-6-14)32-12-11-31-21(32)18-3-1-2-4-19(18)23(28,29)30/h1-13H. The van der Waals surface area contributed by atoms with Gasteiger partial charge in [0.25, 0.3) is 0 Å². The van der Waals surface area contributed by atoms with E-state index in [1.807, 2.05) is 0 Å². The summed E-state index contributed by atoms with van der Waals surface area (Å²) < 4.78 is 80.4. The first-order chi connectivity index (χ1) is 15.1. The Kier molecular flexibility index (Phi) is 5.50. The maximum absolute atomic E-state index is 13.4. The van der Waals surface area contributed by atoms with Crippen LogP contribution < -0.4 is 0 Å². The van der Waals surface area contributed by atoms with Gasteiger partial charge in [-0.25, -0.2) is 4.98 Å². The van der Waals surface area contributed by atoms with Crippen LogP contribution in [-0.4, -0.2) is 9.55 Å². The molecule has 1 heterocycles. The fourth-order valence-corrected chi connectivity index (χ4v) is 3.65. The summed E-state index contributed by atoms with van der Waals surface area (Å²) in [6.45, 7) is 0. The Balaban J connectivity index is 1.71. The molecule has 0 aliphatic heterocycles. The van der Waals surface area contributed by atoms with Crippen LogP contribution in [0.5, 0.6) is 0 Å². The van der Waals surface area contributed by atoms with Gasteiger partial charge in [-0.1, -0.05) is 48.0 Å². The van der Waals surface area contributed by atoms with Gasteiger partial charge in [0.15, 0.2) is 0 Å². The van der Waals surface area contributed by atoms with Crippen molar-refractivity contribution in [2.24, 2.45) is 0 Å². The Morgan fingerprint density at radius 1 is 0.750 bits per heavy atom. The van der Waals surface area contributed by atoms with E-state index in [0.29, 0.717) is 16.8 Å². The van der Waals surface area contributed by atoms with E-state index < -0.39 is 23.5 Å². The van der Waals surface area contributed by atoms with E-state index >= 15 is 0 Å². The minimum atomic E-state index is -4.55. The smallest absolute Gasteiger partial charge is 0.300 e. The van der Waals surface area contributed by atoms with Gasteiger partial charge >= 0.3 is 12.4 Å². The maximum Gasteiger partial charge on any atom is 0.417 e. The van der Waals surface area contributed by atoms with Gasteiger partial charge in [-0.3, -0.25) is 4.57 Å². The van der Waals surface area contributed by atoms with Crippen LogP contribution in [0.2, 0.25) is 5.02 Å². The molecule has 0 fully saturated rings. The Labute approximate surface area is 183 Å². The Hall–Kier alpha value is -3.26. The first kappa shape index (κ1) is 22.0. The van der Waals surface area contributed by atoms with Crippen molar-refractivity contribution in [3.05, 3.63) is 95.3 Å². The number of halogens is 7. The fraction of sp³-hybridized carbons (Fsp3) is 0.0870. The number of imidazole rings is 1. The third-order valence-electron chi connectivity index (χ3n) is 4.87. The van der Waals surface area contributed by atoms with Gasteiger partial charge in [-0.05, 0) is 35.9 Å². The Bertz CT molecular complexity index is 1260. The summed E-state index contributed by atoms with van der Waals surface area (Å²) in [5, 5.41) is -0.0602. The summed E-state index contributed by atoms with van der Waals surface area (Å²) >= 11 is 6.05. The first-order valence-corrected chi connectivity index (χ1v) is 9.61. The van der Waals surface area contributed by atoms with E-state index in [9.17, 15) is 26.3 Å². The van der Waals surface area contributed by atoms with Crippen molar-refractivity contribution in [3.63, 3.8) is 0 Å². The summed E-state index contributed by atoms with van der Waals surface area (Å²) in [5.74, 6) is 0.109. The van der Waals surface area contributed by atoms with Crippen molar-refractivity contribution >= 4 is 11.6 Å². The van der Waals surface area contributed by atoms with E-state index in [-0.39, 0.29) is 16.4 Å². The SMILES string of the molecule is FC(F)(F)c1ccc(-c2ccc(-n3ccnc3-c3ccccc3C(F)(F)F)cc2)c(Cl)c1. The maximum atomic E-state index is 13.4. The van der Waals surface area contributed by atoms with E-state index in [4.69, 9.17) is 11.6 Å². The number of benzene rings is 3. The van der Waals surface area contributed by atoms with E-state index in [1.54, 1.807) is 24.3 Å². The Morgan fingerprint density at radius 3 is 2.06 bits per heavy atom. The van der Waals surface area contributed by atoms with E-state index in [2.05, 4.69) is 4.98 Å². The number of hydrogen-bond acceptors (Lipinski definition) is 1. The molecule has 4 aromatic rings. The average molecular weight is 467 g/mol.